The molecule has 0 radical (unpaired) electrons. The summed E-state index contributed by atoms with van der Waals surface area (Å²) in [6, 6.07) is 0. The van der Waals surface area contributed by atoms with Gasteiger partial charge in [-0.2, -0.15) is 0 Å². The van der Waals surface area contributed by atoms with E-state index in [-0.39, 0.29) is 52.2 Å². The van der Waals surface area contributed by atoms with Gasteiger partial charge >= 0.3 is 11.9 Å². The molecule has 0 aromatic heterocycles. The van der Waals surface area contributed by atoms with Crippen LogP contribution in [0.3, 0.4) is 0 Å². The van der Waals surface area contributed by atoms with Gasteiger partial charge in [0.05, 0.1) is 0 Å². The Balaban J connectivity index is -0.000000648. The zero-order valence-electron chi connectivity index (χ0n) is 25.7. The number of rotatable bonds is 24. The van der Waals surface area contributed by atoms with Crippen molar-refractivity contribution in [3.63, 3.8) is 0 Å². The van der Waals surface area contributed by atoms with Gasteiger partial charge in [-0.25, -0.2) is 0 Å². The SMILES string of the molecule is CCCCCCCCCCCC(=O)N(C)CC(=O)O.CCCCCCCCCCCC(=O)N(C)CC(=O)O.[Cd]. The van der Waals surface area contributed by atoms with Crippen molar-refractivity contribution in [2.45, 2.75) is 142 Å². The van der Waals surface area contributed by atoms with Crippen molar-refractivity contribution in [1.29, 1.82) is 0 Å². The normalized spacial score (nSPS) is 10.2. The monoisotopic (exact) mass is 656 g/mol. The van der Waals surface area contributed by atoms with E-state index < -0.39 is 11.9 Å². The number of unbranched alkanes of at least 4 members (excludes halogenated alkanes) is 16. The van der Waals surface area contributed by atoms with Crippen molar-refractivity contribution in [2.75, 3.05) is 27.2 Å². The predicted octanol–water partition coefficient (Wildman–Crippen LogP) is 6.90. The molecule has 0 atom stereocenters. The Morgan fingerprint density at radius 1 is 0.462 bits per heavy atom. The molecule has 0 aliphatic rings. The first-order chi connectivity index (χ1) is 18.1. The summed E-state index contributed by atoms with van der Waals surface area (Å²) >= 11 is 0. The van der Waals surface area contributed by atoms with Gasteiger partial charge in [0.2, 0.25) is 11.8 Å². The molecule has 8 nitrogen and oxygen atoms in total. The quantitative estimate of drug-likeness (QED) is 0.0865. The topological polar surface area (TPSA) is 115 Å². The third kappa shape index (κ3) is 32.9. The molecule has 0 rings (SSSR count). The molecule has 0 unspecified atom stereocenters. The Kier molecular flexibility index (Phi) is 34.0. The predicted molar refractivity (Wildman–Crippen MR) is 154 cm³/mol. The smallest absolute Gasteiger partial charge is 0.323 e. The van der Waals surface area contributed by atoms with Gasteiger partial charge in [0, 0.05) is 54.2 Å². The fraction of sp³-hybridized carbons (Fsp3) is 0.867. The summed E-state index contributed by atoms with van der Waals surface area (Å²) in [5.41, 5.74) is 0. The number of amides is 2. The van der Waals surface area contributed by atoms with Crippen LogP contribution in [-0.4, -0.2) is 71.0 Å². The van der Waals surface area contributed by atoms with Crippen molar-refractivity contribution in [3.05, 3.63) is 0 Å². The maximum atomic E-state index is 11.5. The average Bonchev–Trinajstić information content (AvgIpc) is 2.86. The summed E-state index contributed by atoms with van der Waals surface area (Å²) < 4.78 is 0. The van der Waals surface area contributed by atoms with E-state index in [1.807, 2.05) is 0 Å². The molecule has 0 saturated carbocycles. The molecule has 0 saturated heterocycles. The Labute approximate surface area is 258 Å². The molecule has 2 N–H and O–H groups in total. The number of carbonyl (C=O) groups excluding carboxylic acids is 2. The number of aliphatic carboxylic acids is 2. The van der Waals surface area contributed by atoms with Crippen LogP contribution in [0.5, 0.6) is 0 Å². The van der Waals surface area contributed by atoms with Crippen LogP contribution in [0.4, 0.5) is 0 Å². The van der Waals surface area contributed by atoms with Crippen LogP contribution in [0, 0.1) is 0 Å². The average molecular weight is 655 g/mol. The van der Waals surface area contributed by atoms with E-state index in [0.717, 1.165) is 25.7 Å². The van der Waals surface area contributed by atoms with E-state index in [0.29, 0.717) is 12.8 Å². The molecule has 0 fully saturated rings. The van der Waals surface area contributed by atoms with Crippen molar-refractivity contribution < 1.29 is 56.7 Å². The van der Waals surface area contributed by atoms with E-state index >= 15 is 0 Å². The number of carboxylic acid groups (broad SMARTS) is 2. The van der Waals surface area contributed by atoms with Crippen LogP contribution < -0.4 is 0 Å². The number of hydrogen-bond donors (Lipinski definition) is 2. The second kappa shape index (κ2) is 31.3. The standard InChI is InChI=1S/2C15H29NO3.Cd/c2*1-3-4-5-6-7-8-9-10-11-12-14(17)16(2)13-15(18)19;/h2*3-13H2,1-2H3,(H,18,19);. The Bertz CT molecular complexity index is 566. The molecule has 9 heteroatoms. The summed E-state index contributed by atoms with van der Waals surface area (Å²) in [5, 5.41) is 17.1. The number of carboxylic acids is 2. The van der Waals surface area contributed by atoms with Crippen molar-refractivity contribution >= 4 is 23.8 Å². The zero-order chi connectivity index (χ0) is 29.0. The Morgan fingerprint density at radius 3 is 0.923 bits per heavy atom. The molecule has 0 heterocycles. The van der Waals surface area contributed by atoms with Crippen LogP contribution in [-0.2, 0) is 46.5 Å². The van der Waals surface area contributed by atoms with E-state index in [2.05, 4.69) is 13.8 Å². The number of likely N-dealkylation sites (N-methyl/N-ethyl adjacent to an activating group) is 2. The summed E-state index contributed by atoms with van der Waals surface area (Å²) in [5.74, 6) is -2.04. The number of nitrogens with zero attached hydrogens (tertiary/aromatic N) is 2. The van der Waals surface area contributed by atoms with Gasteiger partial charge in [-0.05, 0) is 12.8 Å². The van der Waals surface area contributed by atoms with E-state index in [4.69, 9.17) is 10.2 Å². The van der Waals surface area contributed by atoms with Crippen LogP contribution in [0.1, 0.15) is 142 Å². The van der Waals surface area contributed by atoms with Gasteiger partial charge in [-0.1, -0.05) is 117 Å². The first kappa shape index (κ1) is 42.3. The maximum Gasteiger partial charge on any atom is 0.323 e. The number of carbonyl (C=O) groups is 4. The number of hydrogen-bond acceptors (Lipinski definition) is 4. The molecule has 226 valence electrons. The fourth-order valence-electron chi connectivity index (χ4n) is 4.14. The van der Waals surface area contributed by atoms with Crippen LogP contribution in [0.25, 0.3) is 0 Å². The largest absolute Gasteiger partial charge is 0.480 e. The molecule has 0 bridgehead atoms. The molecule has 0 aromatic carbocycles. The van der Waals surface area contributed by atoms with E-state index in [9.17, 15) is 19.2 Å². The first-order valence-corrected chi connectivity index (χ1v) is 15.1. The molecular formula is C30H58CdN2O6. The zero-order valence-corrected chi connectivity index (χ0v) is 29.7. The van der Waals surface area contributed by atoms with Gasteiger partial charge in [0.25, 0.3) is 0 Å². The van der Waals surface area contributed by atoms with Crippen LogP contribution >= 0.6 is 0 Å². The Hall–Kier alpha value is -1.20. The van der Waals surface area contributed by atoms with Gasteiger partial charge in [-0.3, -0.25) is 19.2 Å². The molecule has 39 heavy (non-hydrogen) atoms. The van der Waals surface area contributed by atoms with Gasteiger partial charge < -0.3 is 20.0 Å². The molecular weight excluding hydrogens is 597 g/mol. The van der Waals surface area contributed by atoms with E-state index in [1.54, 1.807) is 14.1 Å². The first-order valence-electron chi connectivity index (χ1n) is 15.1. The second-order valence-corrected chi connectivity index (χ2v) is 10.4. The molecule has 0 aliphatic carbocycles. The minimum absolute atomic E-state index is 0. The van der Waals surface area contributed by atoms with E-state index in [1.165, 1.54) is 99.7 Å². The molecule has 2 amide bonds. The maximum absolute atomic E-state index is 11.5. The third-order valence-electron chi connectivity index (χ3n) is 6.58. The summed E-state index contributed by atoms with van der Waals surface area (Å²) in [6.07, 6.45) is 22.9. The van der Waals surface area contributed by atoms with Gasteiger partial charge in [-0.15, -0.1) is 0 Å². The summed E-state index contributed by atoms with van der Waals surface area (Å²) in [4.78, 5) is 46.6. The van der Waals surface area contributed by atoms with Crippen molar-refractivity contribution in [3.8, 4) is 0 Å². The second-order valence-electron chi connectivity index (χ2n) is 10.4. The Morgan fingerprint density at radius 2 is 0.692 bits per heavy atom. The summed E-state index contributed by atoms with van der Waals surface area (Å²) in [7, 11) is 3.09. The van der Waals surface area contributed by atoms with Crippen molar-refractivity contribution in [2.24, 2.45) is 0 Å². The molecule has 0 aromatic rings. The van der Waals surface area contributed by atoms with Gasteiger partial charge in [0.15, 0.2) is 0 Å². The molecule has 0 spiro atoms. The van der Waals surface area contributed by atoms with Crippen molar-refractivity contribution in [1.82, 2.24) is 9.80 Å². The fourth-order valence-corrected chi connectivity index (χ4v) is 4.14. The minimum atomic E-state index is -0.956. The third-order valence-corrected chi connectivity index (χ3v) is 6.58. The van der Waals surface area contributed by atoms with Crippen LogP contribution in [0.2, 0.25) is 0 Å². The van der Waals surface area contributed by atoms with Crippen LogP contribution in [0.15, 0.2) is 0 Å². The minimum Gasteiger partial charge on any atom is -0.480 e. The van der Waals surface area contributed by atoms with Gasteiger partial charge in [0.1, 0.15) is 13.1 Å². The molecule has 0 aliphatic heterocycles. The summed E-state index contributed by atoms with van der Waals surface area (Å²) in [6.45, 7) is 4.04.